The van der Waals surface area contributed by atoms with Crippen LogP contribution in [-0.4, -0.2) is 58.7 Å². The molecule has 2 aliphatic heterocycles. The highest BCUT2D eigenvalue weighted by atomic mass is 16.5. The highest BCUT2D eigenvalue weighted by Gasteiger charge is 2.41. The molecule has 0 radical (unpaired) electrons. The van der Waals surface area contributed by atoms with Gasteiger partial charge in [0.15, 0.2) is 0 Å². The number of likely N-dealkylation sites (tertiary alicyclic amines) is 1. The third-order valence-corrected chi connectivity index (χ3v) is 5.31. The Balaban J connectivity index is 1.41. The second-order valence-electron chi connectivity index (χ2n) is 7.31. The largest absolute Gasteiger partial charge is 0.472 e. The predicted octanol–water partition coefficient (Wildman–Crippen LogP) is 1.74. The molecule has 0 saturated carbocycles. The maximum absolute atomic E-state index is 5.98. The van der Waals surface area contributed by atoms with Gasteiger partial charge in [-0.1, -0.05) is 0 Å². The number of imidazole rings is 1. The molecule has 1 spiro atoms. The molecule has 1 atom stereocenters. The van der Waals surface area contributed by atoms with Crippen molar-refractivity contribution < 1.29 is 9.15 Å². The van der Waals surface area contributed by atoms with E-state index in [0.29, 0.717) is 0 Å². The van der Waals surface area contributed by atoms with Crippen LogP contribution in [0.2, 0.25) is 0 Å². The van der Waals surface area contributed by atoms with Crippen molar-refractivity contribution in [3.8, 4) is 0 Å². The zero-order valence-electron chi connectivity index (χ0n) is 14.4. The van der Waals surface area contributed by atoms with Crippen LogP contribution in [0.15, 0.2) is 35.4 Å². The van der Waals surface area contributed by atoms with Crippen LogP contribution < -0.4 is 0 Å². The Kier molecular flexibility index (Phi) is 4.43. The molecular formula is C18H26N4O2. The van der Waals surface area contributed by atoms with Crippen LogP contribution in [0.5, 0.6) is 0 Å². The minimum absolute atomic E-state index is 0.241. The zero-order chi connectivity index (χ0) is 16.4. The number of hydrogen-bond acceptors (Lipinski definition) is 5. The Morgan fingerprint density at radius 2 is 2.08 bits per heavy atom. The average molecular weight is 330 g/mol. The molecule has 2 aliphatic rings. The number of aromatic nitrogens is 2. The summed E-state index contributed by atoms with van der Waals surface area (Å²) in [6, 6.07) is 2.06. The van der Waals surface area contributed by atoms with E-state index in [0.717, 1.165) is 58.3 Å². The molecule has 0 N–H and O–H groups in total. The summed E-state index contributed by atoms with van der Waals surface area (Å²) in [5.41, 5.74) is 1.49. The second-order valence-corrected chi connectivity index (χ2v) is 7.31. The first-order chi connectivity index (χ1) is 11.7. The van der Waals surface area contributed by atoms with Crippen molar-refractivity contribution in [2.24, 2.45) is 12.5 Å². The van der Waals surface area contributed by atoms with Crippen LogP contribution in [0.4, 0.5) is 0 Å². The summed E-state index contributed by atoms with van der Waals surface area (Å²) in [7, 11) is 2.07. The molecule has 2 saturated heterocycles. The molecule has 24 heavy (non-hydrogen) atoms. The van der Waals surface area contributed by atoms with Crippen LogP contribution in [0, 0.1) is 5.41 Å². The van der Waals surface area contributed by atoms with Crippen LogP contribution in [-0.2, 0) is 24.9 Å². The summed E-state index contributed by atoms with van der Waals surface area (Å²) in [5.74, 6) is 1.14. The maximum atomic E-state index is 5.98. The minimum atomic E-state index is 0.241. The topological polar surface area (TPSA) is 46.7 Å². The number of nitrogens with zero attached hydrogens (tertiary/aromatic N) is 4. The summed E-state index contributed by atoms with van der Waals surface area (Å²) in [6.45, 7) is 7.85. The van der Waals surface area contributed by atoms with Gasteiger partial charge in [0.05, 0.1) is 32.3 Å². The lowest BCUT2D eigenvalue weighted by Crippen LogP contribution is -2.40. The van der Waals surface area contributed by atoms with Crippen molar-refractivity contribution in [1.29, 1.82) is 0 Å². The van der Waals surface area contributed by atoms with E-state index in [-0.39, 0.29) is 5.41 Å². The molecule has 4 rings (SSSR count). The minimum Gasteiger partial charge on any atom is -0.472 e. The summed E-state index contributed by atoms with van der Waals surface area (Å²) >= 11 is 0. The monoisotopic (exact) mass is 330 g/mol. The van der Waals surface area contributed by atoms with Gasteiger partial charge in [-0.25, -0.2) is 4.98 Å². The van der Waals surface area contributed by atoms with Crippen molar-refractivity contribution >= 4 is 0 Å². The Morgan fingerprint density at radius 1 is 1.21 bits per heavy atom. The van der Waals surface area contributed by atoms with Crippen LogP contribution in [0.1, 0.15) is 17.8 Å². The number of rotatable bonds is 4. The van der Waals surface area contributed by atoms with Gasteiger partial charge >= 0.3 is 0 Å². The first-order valence-electron chi connectivity index (χ1n) is 8.72. The van der Waals surface area contributed by atoms with Gasteiger partial charge in [0.2, 0.25) is 0 Å². The highest BCUT2D eigenvalue weighted by Crippen LogP contribution is 2.34. The fourth-order valence-electron chi connectivity index (χ4n) is 4.02. The van der Waals surface area contributed by atoms with E-state index in [9.17, 15) is 0 Å². The van der Waals surface area contributed by atoms with Gasteiger partial charge in [0, 0.05) is 56.6 Å². The number of aryl methyl sites for hydroxylation is 1. The second kappa shape index (κ2) is 6.70. The molecule has 6 heteroatoms. The molecule has 0 amide bonds. The molecule has 4 heterocycles. The van der Waals surface area contributed by atoms with Gasteiger partial charge in [-0.15, -0.1) is 0 Å². The maximum Gasteiger partial charge on any atom is 0.122 e. The molecule has 0 unspecified atom stereocenters. The summed E-state index contributed by atoms with van der Waals surface area (Å²) in [6.07, 6.45) is 8.69. The van der Waals surface area contributed by atoms with Crippen molar-refractivity contribution in [2.75, 3.05) is 39.4 Å². The normalized spacial score (nSPS) is 26.2. The fourth-order valence-corrected chi connectivity index (χ4v) is 4.02. The van der Waals surface area contributed by atoms with E-state index >= 15 is 0 Å². The summed E-state index contributed by atoms with van der Waals surface area (Å²) < 4.78 is 13.3. The van der Waals surface area contributed by atoms with Gasteiger partial charge in [0.1, 0.15) is 5.82 Å². The molecule has 2 aromatic heterocycles. The van der Waals surface area contributed by atoms with Crippen molar-refractivity contribution in [2.45, 2.75) is 19.5 Å². The Bertz CT molecular complexity index is 654. The molecule has 6 nitrogen and oxygen atoms in total. The summed E-state index contributed by atoms with van der Waals surface area (Å²) in [5, 5.41) is 0. The molecule has 0 aromatic carbocycles. The Hall–Kier alpha value is -1.63. The third kappa shape index (κ3) is 3.41. The predicted molar refractivity (Wildman–Crippen MR) is 90.3 cm³/mol. The number of hydrogen-bond donors (Lipinski definition) is 0. The molecule has 130 valence electrons. The lowest BCUT2D eigenvalue weighted by molar-refractivity contribution is 0.0703. The zero-order valence-corrected chi connectivity index (χ0v) is 14.4. The smallest absolute Gasteiger partial charge is 0.122 e. The molecule has 0 bridgehead atoms. The first kappa shape index (κ1) is 15.9. The average Bonchev–Trinajstić information content (AvgIpc) is 3.26. The van der Waals surface area contributed by atoms with Crippen molar-refractivity contribution in [3.63, 3.8) is 0 Å². The summed E-state index contributed by atoms with van der Waals surface area (Å²) in [4.78, 5) is 9.50. The van der Waals surface area contributed by atoms with E-state index in [4.69, 9.17) is 9.15 Å². The molecule has 2 aromatic rings. The van der Waals surface area contributed by atoms with Gasteiger partial charge in [-0.2, -0.15) is 0 Å². The van der Waals surface area contributed by atoms with Crippen molar-refractivity contribution in [3.05, 3.63) is 42.4 Å². The van der Waals surface area contributed by atoms with Gasteiger partial charge < -0.3 is 13.7 Å². The lowest BCUT2D eigenvalue weighted by Gasteiger charge is -2.31. The van der Waals surface area contributed by atoms with E-state index < -0.39 is 0 Å². The standard InChI is InChI=1S/C18H26N4O2/c1-20-6-4-19-17(20)11-21-5-3-18(13-21)14-22(7-9-24-15-18)10-16-2-8-23-12-16/h2,4,6,8,12H,3,5,7,9-11,13-15H2,1H3/t18-/m0/s1. The van der Waals surface area contributed by atoms with E-state index in [1.165, 1.54) is 12.0 Å². The van der Waals surface area contributed by atoms with E-state index in [1.807, 2.05) is 18.7 Å². The van der Waals surface area contributed by atoms with Gasteiger partial charge in [-0.05, 0) is 19.0 Å². The quantitative estimate of drug-likeness (QED) is 0.854. The Morgan fingerprint density at radius 3 is 2.83 bits per heavy atom. The molecule has 0 aliphatic carbocycles. The highest BCUT2D eigenvalue weighted by molar-refractivity contribution is 5.06. The van der Waals surface area contributed by atoms with Gasteiger partial charge in [-0.3, -0.25) is 9.80 Å². The van der Waals surface area contributed by atoms with E-state index in [1.54, 1.807) is 6.26 Å². The van der Waals surface area contributed by atoms with Crippen LogP contribution >= 0.6 is 0 Å². The van der Waals surface area contributed by atoms with Crippen molar-refractivity contribution in [1.82, 2.24) is 19.4 Å². The molecular weight excluding hydrogens is 304 g/mol. The van der Waals surface area contributed by atoms with Crippen LogP contribution in [0.3, 0.4) is 0 Å². The van der Waals surface area contributed by atoms with E-state index in [2.05, 4.69) is 32.5 Å². The van der Waals surface area contributed by atoms with Gasteiger partial charge in [0.25, 0.3) is 0 Å². The molecule has 2 fully saturated rings. The Labute approximate surface area is 143 Å². The number of furan rings is 1. The number of ether oxygens (including phenoxy) is 1. The SMILES string of the molecule is Cn1ccnc1CN1CC[C@]2(COCCN(Cc3ccoc3)C2)C1. The van der Waals surface area contributed by atoms with Crippen LogP contribution in [0.25, 0.3) is 0 Å². The first-order valence-corrected chi connectivity index (χ1v) is 8.72. The lowest BCUT2D eigenvalue weighted by atomic mass is 9.87. The fraction of sp³-hybridized carbons (Fsp3) is 0.611. The third-order valence-electron chi connectivity index (χ3n) is 5.31.